The van der Waals surface area contributed by atoms with Crippen LogP contribution in [0, 0.1) is 46.3 Å². The second-order valence-electron chi connectivity index (χ2n) is 11.5. The molecular weight excluding hydrogens is 364 g/mol. The van der Waals surface area contributed by atoms with E-state index in [1.165, 1.54) is 32.8 Å². The van der Waals surface area contributed by atoms with Crippen molar-refractivity contribution in [2.45, 2.75) is 97.2 Å². The van der Waals surface area contributed by atoms with E-state index in [1.807, 2.05) is 0 Å². The van der Waals surface area contributed by atoms with Gasteiger partial charge in [-0.15, -0.1) is 0 Å². The molecule has 0 aliphatic heterocycles. The van der Waals surface area contributed by atoms with Gasteiger partial charge in [0, 0.05) is 6.42 Å². The van der Waals surface area contributed by atoms with Crippen molar-refractivity contribution in [1.29, 1.82) is 0 Å². The van der Waals surface area contributed by atoms with Crippen LogP contribution >= 0.6 is 0 Å². The Morgan fingerprint density at radius 2 is 1.83 bits per heavy atom. The molecule has 0 aromatic rings. The average Bonchev–Trinajstić information content (AvgIpc) is 3.06. The Bertz CT molecular complexity index is 620. The quantitative estimate of drug-likeness (QED) is 0.671. The van der Waals surface area contributed by atoms with Crippen LogP contribution < -0.4 is 0 Å². The van der Waals surface area contributed by atoms with E-state index in [2.05, 4.69) is 20.8 Å². The number of esters is 1. The van der Waals surface area contributed by atoms with Gasteiger partial charge < -0.3 is 14.9 Å². The summed E-state index contributed by atoms with van der Waals surface area (Å²) in [6.45, 7) is 7.12. The third-order valence-corrected chi connectivity index (χ3v) is 10.5. The number of hydrogen-bond acceptors (Lipinski definition) is 4. The number of methoxy groups -OCH3 is 1. The topological polar surface area (TPSA) is 66.8 Å². The molecule has 4 aliphatic rings. The normalized spacial score (nSPS) is 50.2. The summed E-state index contributed by atoms with van der Waals surface area (Å²) in [5, 5.41) is 21.8. The molecule has 0 spiro atoms. The van der Waals surface area contributed by atoms with Crippen LogP contribution in [0.1, 0.15) is 85.0 Å². The lowest BCUT2D eigenvalue weighted by Crippen LogP contribution is -2.58. The van der Waals surface area contributed by atoms with E-state index in [1.54, 1.807) is 0 Å². The Kier molecular flexibility index (Phi) is 5.83. The summed E-state index contributed by atoms with van der Waals surface area (Å²) in [4.78, 5) is 11.6. The largest absolute Gasteiger partial charge is 0.469 e. The average molecular weight is 407 g/mol. The highest BCUT2D eigenvalue weighted by molar-refractivity contribution is 5.69. The van der Waals surface area contributed by atoms with Crippen LogP contribution in [0.5, 0.6) is 0 Å². The number of rotatable bonds is 4. The van der Waals surface area contributed by atoms with E-state index in [-0.39, 0.29) is 23.6 Å². The van der Waals surface area contributed by atoms with Crippen molar-refractivity contribution < 1.29 is 19.7 Å². The van der Waals surface area contributed by atoms with Gasteiger partial charge in [0.25, 0.3) is 0 Å². The predicted molar refractivity (Wildman–Crippen MR) is 113 cm³/mol. The van der Waals surface area contributed by atoms with Crippen molar-refractivity contribution in [3.8, 4) is 0 Å². The number of hydrogen-bond donors (Lipinski definition) is 2. The van der Waals surface area contributed by atoms with Crippen LogP contribution in [0.4, 0.5) is 0 Å². The SMILES string of the molecule is COC(=O)CCC(C)C1CCC2C3CCC4CC(O)CC[C@]4(C)C3C[C@H](O)[C@]12C. The zero-order valence-corrected chi connectivity index (χ0v) is 18.9. The summed E-state index contributed by atoms with van der Waals surface area (Å²) in [5.41, 5.74) is 0.271. The van der Waals surface area contributed by atoms with E-state index in [0.717, 1.165) is 38.0 Å². The zero-order valence-electron chi connectivity index (χ0n) is 18.9. The molecule has 7 unspecified atom stereocenters. The van der Waals surface area contributed by atoms with Gasteiger partial charge >= 0.3 is 5.97 Å². The van der Waals surface area contributed by atoms with E-state index in [4.69, 9.17) is 4.74 Å². The Morgan fingerprint density at radius 1 is 1.07 bits per heavy atom. The summed E-state index contributed by atoms with van der Waals surface area (Å²) < 4.78 is 4.85. The number of aliphatic hydroxyl groups excluding tert-OH is 2. The fourth-order valence-corrected chi connectivity index (χ4v) is 8.81. The first kappa shape index (κ1) is 21.6. The molecule has 4 saturated carbocycles. The molecule has 4 rings (SSSR count). The van der Waals surface area contributed by atoms with Crippen LogP contribution in [0.25, 0.3) is 0 Å². The van der Waals surface area contributed by atoms with Crippen molar-refractivity contribution in [3.63, 3.8) is 0 Å². The third kappa shape index (κ3) is 3.37. The molecule has 29 heavy (non-hydrogen) atoms. The highest BCUT2D eigenvalue weighted by Gasteiger charge is 2.63. The molecule has 10 atom stereocenters. The molecule has 0 amide bonds. The van der Waals surface area contributed by atoms with E-state index in [0.29, 0.717) is 41.4 Å². The molecule has 0 radical (unpaired) electrons. The van der Waals surface area contributed by atoms with E-state index < -0.39 is 0 Å². The number of carbonyl (C=O) groups is 1. The van der Waals surface area contributed by atoms with Gasteiger partial charge in [-0.05, 0) is 104 Å². The highest BCUT2D eigenvalue weighted by Crippen LogP contribution is 2.68. The summed E-state index contributed by atoms with van der Waals surface area (Å²) in [7, 11) is 1.46. The van der Waals surface area contributed by atoms with Gasteiger partial charge in [0.1, 0.15) is 0 Å². The van der Waals surface area contributed by atoms with Crippen molar-refractivity contribution in [3.05, 3.63) is 0 Å². The molecule has 0 aromatic carbocycles. The number of ether oxygens (including phenoxy) is 1. The van der Waals surface area contributed by atoms with Gasteiger partial charge in [0.05, 0.1) is 19.3 Å². The minimum absolute atomic E-state index is 0.0198. The van der Waals surface area contributed by atoms with Gasteiger partial charge in [-0.2, -0.15) is 0 Å². The third-order valence-electron chi connectivity index (χ3n) is 10.5. The second kappa shape index (κ2) is 7.82. The standard InChI is InChI=1S/C25H42O4/c1-15(5-10-23(28)29-4)19-8-9-20-18-7-6-16-13-17(26)11-12-24(16,2)21(18)14-22(27)25(19,20)3/h15-22,26-27H,5-14H2,1-4H3/t15?,16?,17?,18?,19?,20?,21?,22-,24-,25+/m0/s1. The van der Waals surface area contributed by atoms with Crippen molar-refractivity contribution >= 4 is 5.97 Å². The lowest BCUT2D eigenvalue weighted by Gasteiger charge is -2.62. The molecule has 2 N–H and O–H groups in total. The molecule has 4 nitrogen and oxygen atoms in total. The fourth-order valence-electron chi connectivity index (χ4n) is 8.81. The van der Waals surface area contributed by atoms with Crippen molar-refractivity contribution in [1.82, 2.24) is 0 Å². The van der Waals surface area contributed by atoms with Gasteiger partial charge in [0.2, 0.25) is 0 Å². The molecule has 0 heterocycles. The minimum atomic E-state index is -0.246. The Labute approximate surface area is 176 Å². The van der Waals surface area contributed by atoms with Crippen molar-refractivity contribution in [2.24, 2.45) is 46.3 Å². The van der Waals surface area contributed by atoms with Crippen LogP contribution in [0.2, 0.25) is 0 Å². The monoisotopic (exact) mass is 406 g/mol. The zero-order chi connectivity index (χ0) is 21.0. The molecule has 166 valence electrons. The van der Waals surface area contributed by atoms with E-state index in [9.17, 15) is 15.0 Å². The van der Waals surface area contributed by atoms with E-state index >= 15 is 0 Å². The predicted octanol–water partition coefficient (Wildman–Crippen LogP) is 4.57. The first-order chi connectivity index (χ1) is 13.7. The number of fused-ring (bicyclic) bond motifs is 5. The Balaban J connectivity index is 1.53. The lowest BCUT2D eigenvalue weighted by atomic mass is 9.43. The van der Waals surface area contributed by atoms with Gasteiger partial charge in [-0.25, -0.2) is 0 Å². The molecule has 0 saturated heterocycles. The lowest BCUT2D eigenvalue weighted by molar-refractivity contribution is -0.175. The molecular formula is C25H42O4. The van der Waals surface area contributed by atoms with Crippen LogP contribution in [-0.2, 0) is 9.53 Å². The summed E-state index contributed by atoms with van der Waals surface area (Å²) in [5.74, 6) is 3.36. The molecule has 0 bridgehead atoms. The molecule has 4 aliphatic carbocycles. The van der Waals surface area contributed by atoms with Crippen LogP contribution in [-0.4, -0.2) is 35.5 Å². The van der Waals surface area contributed by atoms with Gasteiger partial charge in [-0.3, -0.25) is 4.79 Å². The maximum absolute atomic E-state index is 11.6. The first-order valence-electron chi connectivity index (χ1n) is 12.1. The summed E-state index contributed by atoms with van der Waals surface area (Å²) >= 11 is 0. The van der Waals surface area contributed by atoms with Crippen LogP contribution in [0.15, 0.2) is 0 Å². The molecule has 4 fully saturated rings. The Hall–Kier alpha value is -0.610. The highest BCUT2D eigenvalue weighted by atomic mass is 16.5. The molecule has 4 heteroatoms. The van der Waals surface area contributed by atoms with Crippen molar-refractivity contribution in [2.75, 3.05) is 7.11 Å². The smallest absolute Gasteiger partial charge is 0.305 e. The first-order valence-corrected chi connectivity index (χ1v) is 12.1. The fraction of sp³-hybridized carbons (Fsp3) is 0.960. The summed E-state index contributed by atoms with van der Waals surface area (Å²) in [6.07, 6.45) is 9.86. The van der Waals surface area contributed by atoms with Gasteiger partial charge in [0.15, 0.2) is 0 Å². The maximum atomic E-state index is 11.6. The number of aliphatic hydroxyl groups is 2. The minimum Gasteiger partial charge on any atom is -0.469 e. The molecule has 0 aromatic heterocycles. The summed E-state index contributed by atoms with van der Waals surface area (Å²) in [6, 6.07) is 0. The second-order valence-corrected chi connectivity index (χ2v) is 11.5. The number of carbonyl (C=O) groups excluding carboxylic acids is 1. The van der Waals surface area contributed by atoms with Crippen LogP contribution in [0.3, 0.4) is 0 Å². The maximum Gasteiger partial charge on any atom is 0.305 e. The van der Waals surface area contributed by atoms with Gasteiger partial charge in [-0.1, -0.05) is 20.8 Å². The Morgan fingerprint density at radius 3 is 2.55 bits per heavy atom.